The minimum atomic E-state index is -0.370. The molecule has 2 rings (SSSR count). The third-order valence-electron chi connectivity index (χ3n) is 3.05. The maximum absolute atomic E-state index is 11.5. The molecule has 0 spiro atoms. The zero-order valence-corrected chi connectivity index (χ0v) is 10.4. The molecular weight excluding hydrogens is 234 g/mol. The minimum absolute atomic E-state index is 0.147. The number of amides is 1. The quantitative estimate of drug-likeness (QED) is 0.451. The first-order valence-corrected chi connectivity index (χ1v) is 6.32. The molecule has 2 nitrogen and oxygen atoms in total. The molecule has 0 aliphatic heterocycles. The number of hydrogen-bond acceptors (Lipinski definition) is 1. The molecule has 0 saturated heterocycles. The van der Waals surface area contributed by atoms with Gasteiger partial charge in [-0.1, -0.05) is 42.5 Å². The summed E-state index contributed by atoms with van der Waals surface area (Å²) in [5.74, 6) is 0. The van der Waals surface area contributed by atoms with Gasteiger partial charge in [-0.05, 0) is 36.4 Å². The zero-order valence-electron chi connectivity index (χ0n) is 9.68. The molecule has 0 bridgehead atoms. The summed E-state index contributed by atoms with van der Waals surface area (Å²) in [6.45, 7) is 0.582. The monoisotopic (exact) mass is 249 g/mol. The third-order valence-corrected chi connectivity index (χ3v) is 3.27. The Balaban J connectivity index is 2.10. The summed E-state index contributed by atoms with van der Waals surface area (Å²) in [6, 6.07) is 10.1. The van der Waals surface area contributed by atoms with Crippen LogP contribution in [0.4, 0.5) is 4.79 Å². The molecule has 17 heavy (non-hydrogen) atoms. The molecule has 1 atom stereocenters. The number of halogens is 1. The predicted octanol–water partition coefficient (Wildman–Crippen LogP) is 3.96. The van der Waals surface area contributed by atoms with E-state index in [1.54, 1.807) is 4.90 Å². The van der Waals surface area contributed by atoms with Crippen LogP contribution in [0, 0.1) is 0 Å². The number of carbonyl (C=O) groups excluding carboxylic acids is 1. The van der Waals surface area contributed by atoms with Crippen molar-refractivity contribution in [1.29, 1.82) is 0 Å². The maximum atomic E-state index is 11.5. The lowest BCUT2D eigenvalue weighted by Gasteiger charge is -2.29. The van der Waals surface area contributed by atoms with Crippen LogP contribution < -0.4 is 0 Å². The number of rotatable bonds is 3. The molecule has 1 aliphatic rings. The Bertz CT molecular complexity index is 402. The van der Waals surface area contributed by atoms with Crippen LogP contribution in [0.3, 0.4) is 0 Å². The Hall–Kier alpha value is -1.28. The van der Waals surface area contributed by atoms with Gasteiger partial charge in [0, 0.05) is 6.54 Å². The standard InChI is InChI=1S/C14H16ClNO/c15-14(17)16(13-9-5-2-6-10-13)11-12-7-3-1-4-8-12/h1,3-5,7-9,13H,2,6,10-11H2. The summed E-state index contributed by atoms with van der Waals surface area (Å²) in [4.78, 5) is 13.2. The van der Waals surface area contributed by atoms with E-state index in [0.29, 0.717) is 6.54 Å². The van der Waals surface area contributed by atoms with E-state index in [4.69, 9.17) is 11.6 Å². The zero-order chi connectivity index (χ0) is 12.1. The van der Waals surface area contributed by atoms with Crippen molar-refractivity contribution in [2.75, 3.05) is 0 Å². The molecule has 1 aromatic carbocycles. The summed E-state index contributed by atoms with van der Waals surface area (Å²) < 4.78 is 0. The van der Waals surface area contributed by atoms with Crippen molar-refractivity contribution in [3.63, 3.8) is 0 Å². The smallest absolute Gasteiger partial charge is 0.317 e. The highest BCUT2D eigenvalue weighted by atomic mass is 35.5. The Morgan fingerprint density at radius 1 is 1.35 bits per heavy atom. The largest absolute Gasteiger partial charge is 0.318 e. The van der Waals surface area contributed by atoms with Crippen molar-refractivity contribution in [2.24, 2.45) is 0 Å². The van der Waals surface area contributed by atoms with Crippen LogP contribution >= 0.6 is 11.6 Å². The molecule has 1 unspecified atom stereocenters. The Morgan fingerprint density at radius 2 is 2.12 bits per heavy atom. The number of carbonyl (C=O) groups is 1. The SMILES string of the molecule is O=C(Cl)N(Cc1ccccc1)C1C=CCCC1. The van der Waals surface area contributed by atoms with Crippen LogP contribution in [0.1, 0.15) is 24.8 Å². The summed E-state index contributed by atoms with van der Waals surface area (Å²) in [5.41, 5.74) is 1.11. The van der Waals surface area contributed by atoms with Gasteiger partial charge in [-0.25, -0.2) is 0 Å². The Kier molecular flexibility index (Phi) is 4.21. The van der Waals surface area contributed by atoms with Crippen LogP contribution in [0.15, 0.2) is 42.5 Å². The lowest BCUT2D eigenvalue weighted by Crippen LogP contribution is -2.36. The average Bonchev–Trinajstić information content (AvgIpc) is 2.38. The van der Waals surface area contributed by atoms with Gasteiger partial charge >= 0.3 is 5.37 Å². The average molecular weight is 250 g/mol. The minimum Gasteiger partial charge on any atom is -0.318 e. The first kappa shape index (κ1) is 12.2. The number of benzene rings is 1. The van der Waals surface area contributed by atoms with Gasteiger partial charge in [0.2, 0.25) is 0 Å². The van der Waals surface area contributed by atoms with Gasteiger partial charge in [0.1, 0.15) is 0 Å². The van der Waals surface area contributed by atoms with Gasteiger partial charge in [0.25, 0.3) is 0 Å². The molecule has 0 heterocycles. The van der Waals surface area contributed by atoms with E-state index in [2.05, 4.69) is 12.2 Å². The Labute approximate surface area is 107 Å². The molecule has 0 N–H and O–H groups in total. The lowest BCUT2D eigenvalue weighted by molar-refractivity contribution is 0.201. The first-order chi connectivity index (χ1) is 8.27. The fraction of sp³-hybridized carbons (Fsp3) is 0.357. The van der Waals surface area contributed by atoms with Crippen LogP contribution in [-0.4, -0.2) is 16.3 Å². The highest BCUT2D eigenvalue weighted by molar-refractivity contribution is 6.62. The molecule has 3 heteroatoms. The van der Waals surface area contributed by atoms with Crippen molar-refractivity contribution >= 4 is 17.0 Å². The molecule has 1 aromatic rings. The molecule has 1 amide bonds. The second-order valence-electron chi connectivity index (χ2n) is 4.29. The van der Waals surface area contributed by atoms with Gasteiger partial charge in [-0.3, -0.25) is 4.79 Å². The highest BCUT2D eigenvalue weighted by Crippen LogP contribution is 2.20. The molecule has 1 aliphatic carbocycles. The Morgan fingerprint density at radius 3 is 2.71 bits per heavy atom. The van der Waals surface area contributed by atoms with Crippen molar-refractivity contribution in [3.05, 3.63) is 48.0 Å². The van der Waals surface area contributed by atoms with E-state index in [1.807, 2.05) is 30.3 Å². The highest BCUT2D eigenvalue weighted by Gasteiger charge is 2.21. The fourth-order valence-corrected chi connectivity index (χ4v) is 2.33. The van der Waals surface area contributed by atoms with E-state index < -0.39 is 0 Å². The van der Waals surface area contributed by atoms with Crippen molar-refractivity contribution in [1.82, 2.24) is 4.90 Å². The number of allylic oxidation sites excluding steroid dienone is 1. The van der Waals surface area contributed by atoms with Gasteiger partial charge in [0.15, 0.2) is 0 Å². The fourth-order valence-electron chi connectivity index (χ4n) is 2.14. The van der Waals surface area contributed by atoms with E-state index in [0.717, 1.165) is 24.8 Å². The first-order valence-electron chi connectivity index (χ1n) is 5.94. The second kappa shape index (κ2) is 5.87. The van der Waals surface area contributed by atoms with Crippen molar-refractivity contribution < 1.29 is 4.79 Å². The van der Waals surface area contributed by atoms with E-state index in [9.17, 15) is 4.79 Å². The molecule has 0 saturated carbocycles. The lowest BCUT2D eigenvalue weighted by atomic mass is 10.0. The summed E-state index contributed by atoms with van der Waals surface area (Å²) in [5, 5.41) is -0.370. The maximum Gasteiger partial charge on any atom is 0.317 e. The molecule has 0 radical (unpaired) electrons. The van der Waals surface area contributed by atoms with Gasteiger partial charge < -0.3 is 4.90 Å². The van der Waals surface area contributed by atoms with E-state index in [1.165, 1.54) is 0 Å². The van der Waals surface area contributed by atoms with Crippen molar-refractivity contribution in [2.45, 2.75) is 31.8 Å². The summed E-state index contributed by atoms with van der Waals surface area (Å²) >= 11 is 5.68. The second-order valence-corrected chi connectivity index (χ2v) is 4.62. The number of nitrogens with zero attached hydrogens (tertiary/aromatic N) is 1. The molecule has 0 fully saturated rings. The molecule has 0 aromatic heterocycles. The van der Waals surface area contributed by atoms with E-state index in [-0.39, 0.29) is 11.4 Å². The topological polar surface area (TPSA) is 20.3 Å². The van der Waals surface area contributed by atoms with Crippen LogP contribution in [-0.2, 0) is 6.54 Å². The van der Waals surface area contributed by atoms with Crippen LogP contribution in [0.25, 0.3) is 0 Å². The van der Waals surface area contributed by atoms with Gasteiger partial charge in [-0.2, -0.15) is 0 Å². The summed E-state index contributed by atoms with van der Waals surface area (Å²) in [6.07, 6.45) is 7.45. The normalized spacial score (nSPS) is 19.0. The van der Waals surface area contributed by atoms with Crippen LogP contribution in [0.5, 0.6) is 0 Å². The van der Waals surface area contributed by atoms with Gasteiger partial charge in [0.05, 0.1) is 6.04 Å². The molecular formula is C14H16ClNO. The predicted molar refractivity (Wildman–Crippen MR) is 70.0 cm³/mol. The van der Waals surface area contributed by atoms with E-state index >= 15 is 0 Å². The molecule has 90 valence electrons. The van der Waals surface area contributed by atoms with Crippen LogP contribution in [0.2, 0.25) is 0 Å². The van der Waals surface area contributed by atoms with Gasteiger partial charge in [-0.15, -0.1) is 0 Å². The number of hydrogen-bond donors (Lipinski definition) is 0. The summed E-state index contributed by atoms with van der Waals surface area (Å²) in [7, 11) is 0. The van der Waals surface area contributed by atoms with Crippen molar-refractivity contribution in [3.8, 4) is 0 Å². The third kappa shape index (κ3) is 3.34.